The molecular weight excluding hydrogens is 308 g/mol. The number of nitrogens with zero attached hydrogens (tertiary/aromatic N) is 2. The molecule has 1 saturated carbocycles. The lowest BCUT2D eigenvalue weighted by Gasteiger charge is -2.23. The van der Waals surface area contributed by atoms with E-state index >= 15 is 0 Å². The number of methoxy groups -OCH3 is 2. The summed E-state index contributed by atoms with van der Waals surface area (Å²) < 4.78 is 15.8. The Kier molecular flexibility index (Phi) is 4.46. The minimum Gasteiger partial charge on any atom is -0.497 e. The lowest BCUT2D eigenvalue weighted by atomic mass is 10.1. The molecule has 1 aliphatic carbocycles. The fourth-order valence-corrected chi connectivity index (χ4v) is 2.85. The van der Waals surface area contributed by atoms with Gasteiger partial charge in [0.15, 0.2) is 0 Å². The number of ether oxygens (including phenoxy) is 2. The molecule has 1 fully saturated rings. The Hall–Kier alpha value is -2.50. The molecule has 0 radical (unpaired) electrons. The van der Waals surface area contributed by atoms with Gasteiger partial charge in [-0.2, -0.15) is 0 Å². The largest absolute Gasteiger partial charge is 0.497 e. The van der Waals surface area contributed by atoms with Gasteiger partial charge in [0, 0.05) is 24.2 Å². The molecule has 0 bridgehead atoms. The molecule has 0 spiro atoms. The van der Waals surface area contributed by atoms with Gasteiger partial charge in [0.05, 0.1) is 19.9 Å². The highest BCUT2D eigenvalue weighted by Crippen LogP contribution is 2.33. The first kappa shape index (κ1) is 16.4. The van der Waals surface area contributed by atoms with Crippen molar-refractivity contribution in [2.45, 2.75) is 39.3 Å². The van der Waals surface area contributed by atoms with Gasteiger partial charge in [0.25, 0.3) is 5.91 Å². The van der Waals surface area contributed by atoms with E-state index in [-0.39, 0.29) is 11.9 Å². The van der Waals surface area contributed by atoms with E-state index in [0.717, 1.165) is 24.2 Å². The first-order valence-electron chi connectivity index (χ1n) is 8.00. The second-order valence-corrected chi connectivity index (χ2v) is 6.04. The number of rotatable bonds is 6. The van der Waals surface area contributed by atoms with Crippen LogP contribution in [0.3, 0.4) is 0 Å². The summed E-state index contributed by atoms with van der Waals surface area (Å²) in [6.07, 6.45) is 2.04. The van der Waals surface area contributed by atoms with Crippen LogP contribution in [0.15, 0.2) is 22.7 Å². The molecule has 0 aliphatic heterocycles. The summed E-state index contributed by atoms with van der Waals surface area (Å²) in [5.74, 6) is 1.97. The number of aromatic nitrogens is 1. The topological polar surface area (TPSA) is 64.8 Å². The van der Waals surface area contributed by atoms with Crippen LogP contribution in [0.5, 0.6) is 11.5 Å². The molecule has 1 amide bonds. The summed E-state index contributed by atoms with van der Waals surface area (Å²) in [6.45, 7) is 4.05. The van der Waals surface area contributed by atoms with E-state index in [2.05, 4.69) is 5.16 Å². The molecule has 1 aromatic carbocycles. The van der Waals surface area contributed by atoms with Crippen LogP contribution in [0.2, 0.25) is 0 Å². The van der Waals surface area contributed by atoms with Gasteiger partial charge < -0.3 is 18.9 Å². The second kappa shape index (κ2) is 6.55. The van der Waals surface area contributed by atoms with Gasteiger partial charge in [-0.1, -0.05) is 5.16 Å². The SMILES string of the molecule is COc1ccc(CN(C(=O)c2c(C)noc2C)C2CC2)c(OC)c1. The third-order valence-electron chi connectivity index (χ3n) is 4.33. The third-order valence-corrected chi connectivity index (χ3v) is 4.33. The fourth-order valence-electron chi connectivity index (χ4n) is 2.85. The van der Waals surface area contributed by atoms with Crippen molar-refractivity contribution in [2.24, 2.45) is 0 Å². The molecule has 2 aromatic rings. The summed E-state index contributed by atoms with van der Waals surface area (Å²) >= 11 is 0. The van der Waals surface area contributed by atoms with Crippen LogP contribution in [0.1, 0.15) is 40.2 Å². The van der Waals surface area contributed by atoms with Crippen molar-refractivity contribution >= 4 is 5.91 Å². The molecule has 1 heterocycles. The average molecular weight is 330 g/mol. The standard InChI is InChI=1S/C18H22N2O4/c1-11-17(12(2)24-19-11)18(21)20(14-6-7-14)10-13-5-8-15(22-3)9-16(13)23-4/h5,8-9,14H,6-7,10H2,1-4H3. The second-order valence-electron chi connectivity index (χ2n) is 6.04. The van der Waals surface area contributed by atoms with Crippen LogP contribution in [0.25, 0.3) is 0 Å². The lowest BCUT2D eigenvalue weighted by Crippen LogP contribution is -2.33. The number of hydrogen-bond acceptors (Lipinski definition) is 5. The average Bonchev–Trinajstić information content (AvgIpc) is 3.37. The number of benzene rings is 1. The number of carbonyl (C=O) groups excluding carboxylic acids is 1. The molecule has 0 saturated heterocycles. The van der Waals surface area contributed by atoms with Gasteiger partial charge in [0.2, 0.25) is 0 Å². The molecule has 0 unspecified atom stereocenters. The predicted molar refractivity (Wildman–Crippen MR) is 88.4 cm³/mol. The Morgan fingerprint density at radius 2 is 2.04 bits per heavy atom. The highest BCUT2D eigenvalue weighted by Gasteiger charge is 2.35. The predicted octanol–water partition coefficient (Wildman–Crippen LogP) is 3.11. The van der Waals surface area contributed by atoms with Crippen LogP contribution >= 0.6 is 0 Å². The highest BCUT2D eigenvalue weighted by molar-refractivity contribution is 5.96. The molecule has 128 valence electrons. The van der Waals surface area contributed by atoms with Crippen molar-refractivity contribution in [2.75, 3.05) is 14.2 Å². The lowest BCUT2D eigenvalue weighted by molar-refractivity contribution is 0.0726. The molecule has 6 nitrogen and oxygen atoms in total. The Labute approximate surface area is 141 Å². The number of amides is 1. The van der Waals surface area contributed by atoms with E-state index in [0.29, 0.717) is 29.3 Å². The number of hydrogen-bond donors (Lipinski definition) is 0. The van der Waals surface area contributed by atoms with E-state index in [1.165, 1.54) is 0 Å². The van der Waals surface area contributed by atoms with Gasteiger partial charge in [-0.25, -0.2) is 0 Å². The normalized spacial score (nSPS) is 13.7. The van der Waals surface area contributed by atoms with Crippen molar-refractivity contribution in [1.82, 2.24) is 10.1 Å². The zero-order valence-corrected chi connectivity index (χ0v) is 14.5. The van der Waals surface area contributed by atoms with Crippen molar-refractivity contribution in [3.05, 3.63) is 40.8 Å². The molecule has 0 atom stereocenters. The Bertz CT molecular complexity index is 730. The van der Waals surface area contributed by atoms with Gasteiger partial charge in [-0.15, -0.1) is 0 Å². The molecular formula is C18H22N2O4. The van der Waals surface area contributed by atoms with Gasteiger partial charge in [-0.05, 0) is 38.8 Å². The zero-order valence-electron chi connectivity index (χ0n) is 14.5. The molecule has 24 heavy (non-hydrogen) atoms. The van der Waals surface area contributed by atoms with Gasteiger partial charge in [-0.3, -0.25) is 4.79 Å². The minimum absolute atomic E-state index is 0.0355. The number of aryl methyl sites for hydroxylation is 2. The van der Waals surface area contributed by atoms with Crippen LogP contribution in [-0.2, 0) is 6.54 Å². The maximum absolute atomic E-state index is 13.0. The van der Waals surface area contributed by atoms with E-state index in [9.17, 15) is 4.79 Å². The minimum atomic E-state index is -0.0355. The Morgan fingerprint density at radius 3 is 2.58 bits per heavy atom. The summed E-state index contributed by atoms with van der Waals surface area (Å²) in [5.41, 5.74) is 2.14. The fraction of sp³-hybridized carbons (Fsp3) is 0.444. The molecule has 6 heteroatoms. The molecule has 3 rings (SSSR count). The first-order valence-corrected chi connectivity index (χ1v) is 8.00. The van der Waals surface area contributed by atoms with E-state index < -0.39 is 0 Å². The quantitative estimate of drug-likeness (QED) is 0.814. The smallest absolute Gasteiger partial charge is 0.259 e. The van der Waals surface area contributed by atoms with Crippen LogP contribution < -0.4 is 9.47 Å². The maximum Gasteiger partial charge on any atom is 0.259 e. The van der Waals surface area contributed by atoms with Crippen molar-refractivity contribution in [3.8, 4) is 11.5 Å². The zero-order chi connectivity index (χ0) is 17.3. The van der Waals surface area contributed by atoms with E-state index in [4.69, 9.17) is 14.0 Å². The molecule has 0 N–H and O–H groups in total. The maximum atomic E-state index is 13.0. The third kappa shape index (κ3) is 3.09. The van der Waals surface area contributed by atoms with Crippen molar-refractivity contribution < 1.29 is 18.8 Å². The highest BCUT2D eigenvalue weighted by atomic mass is 16.5. The van der Waals surface area contributed by atoms with E-state index in [1.807, 2.05) is 23.1 Å². The molecule has 1 aromatic heterocycles. The van der Waals surface area contributed by atoms with Gasteiger partial charge >= 0.3 is 0 Å². The summed E-state index contributed by atoms with van der Waals surface area (Å²) in [5, 5.41) is 3.90. The van der Waals surface area contributed by atoms with Crippen molar-refractivity contribution in [1.29, 1.82) is 0 Å². The Morgan fingerprint density at radius 1 is 1.29 bits per heavy atom. The summed E-state index contributed by atoms with van der Waals surface area (Å²) in [6, 6.07) is 5.91. The van der Waals surface area contributed by atoms with E-state index in [1.54, 1.807) is 28.1 Å². The first-order chi connectivity index (χ1) is 11.5. The van der Waals surface area contributed by atoms with Gasteiger partial charge in [0.1, 0.15) is 22.8 Å². The van der Waals surface area contributed by atoms with Crippen LogP contribution in [-0.4, -0.2) is 36.2 Å². The van der Waals surface area contributed by atoms with Crippen LogP contribution in [0.4, 0.5) is 0 Å². The number of carbonyl (C=O) groups is 1. The summed E-state index contributed by atoms with van der Waals surface area (Å²) in [4.78, 5) is 14.9. The van der Waals surface area contributed by atoms with Crippen molar-refractivity contribution in [3.63, 3.8) is 0 Å². The van der Waals surface area contributed by atoms with Crippen LogP contribution in [0, 0.1) is 13.8 Å². The summed E-state index contributed by atoms with van der Waals surface area (Å²) in [7, 11) is 3.24. The molecule has 1 aliphatic rings. The Balaban J connectivity index is 1.89. The monoisotopic (exact) mass is 330 g/mol.